The highest BCUT2D eigenvalue weighted by molar-refractivity contribution is 7.09. The lowest BCUT2D eigenvalue weighted by Crippen LogP contribution is -2.52. The highest BCUT2D eigenvalue weighted by Gasteiger charge is 2.29. The molecular weight excluding hydrogens is 431 g/mol. The first-order valence-electron chi connectivity index (χ1n) is 8.97. The predicted octanol–water partition coefficient (Wildman–Crippen LogP) is 2.90. The number of hydrogen-bond donors (Lipinski definition) is 1. The summed E-state index contributed by atoms with van der Waals surface area (Å²) in [4.78, 5) is 21.5. The van der Waals surface area contributed by atoms with E-state index in [1.165, 1.54) is 0 Å². The van der Waals surface area contributed by atoms with Crippen LogP contribution >= 0.6 is 48.6 Å². The number of ether oxygens (including phenoxy) is 1. The molecule has 6 nitrogen and oxygen atoms in total. The Morgan fingerprint density at radius 3 is 2.63 bits per heavy atom. The van der Waals surface area contributed by atoms with Crippen molar-refractivity contribution in [1.29, 1.82) is 0 Å². The minimum absolute atomic E-state index is 0. The third-order valence-corrected chi connectivity index (χ3v) is 5.82. The van der Waals surface area contributed by atoms with Crippen LogP contribution in [-0.2, 0) is 16.1 Å². The lowest BCUT2D eigenvalue weighted by atomic mass is 10.2. The molecule has 2 fully saturated rings. The first-order valence-corrected chi connectivity index (χ1v) is 9.85. The van der Waals surface area contributed by atoms with Crippen molar-refractivity contribution in [3.8, 4) is 0 Å². The van der Waals surface area contributed by atoms with E-state index in [2.05, 4.69) is 15.6 Å². The van der Waals surface area contributed by atoms with Crippen molar-refractivity contribution in [2.24, 2.45) is 0 Å². The normalized spacial score (nSPS) is 21.0. The Balaban J connectivity index is 0.00000225. The van der Waals surface area contributed by atoms with Gasteiger partial charge in [-0.1, -0.05) is 0 Å². The summed E-state index contributed by atoms with van der Waals surface area (Å²) in [6.45, 7) is 10.1. The van der Waals surface area contributed by atoms with Crippen molar-refractivity contribution >= 4 is 54.5 Å². The van der Waals surface area contributed by atoms with E-state index in [-0.39, 0.29) is 55.3 Å². The van der Waals surface area contributed by atoms with E-state index in [0.717, 1.165) is 62.8 Å². The number of carbonyl (C=O) groups excluding carboxylic acids is 1. The van der Waals surface area contributed by atoms with Gasteiger partial charge in [0.1, 0.15) is 11.1 Å². The highest BCUT2D eigenvalue weighted by atomic mass is 35.5. The molecule has 0 spiro atoms. The average Bonchev–Trinajstić information content (AvgIpc) is 3.27. The highest BCUT2D eigenvalue weighted by Crippen LogP contribution is 2.22. The molecule has 2 unspecified atom stereocenters. The number of carbonyl (C=O) groups is 1. The van der Waals surface area contributed by atoms with Crippen molar-refractivity contribution in [1.82, 2.24) is 20.1 Å². The van der Waals surface area contributed by atoms with Crippen LogP contribution in [0.15, 0.2) is 5.38 Å². The molecule has 1 N–H and O–H groups in total. The molecule has 10 heteroatoms. The van der Waals surface area contributed by atoms with Crippen molar-refractivity contribution in [3.05, 3.63) is 16.1 Å². The molecule has 1 amide bonds. The second-order valence-corrected chi connectivity index (χ2v) is 7.41. The van der Waals surface area contributed by atoms with Gasteiger partial charge in [0.2, 0.25) is 5.91 Å². The molecule has 0 bridgehead atoms. The molecule has 3 rings (SSSR count). The van der Waals surface area contributed by atoms with Crippen molar-refractivity contribution < 1.29 is 9.53 Å². The van der Waals surface area contributed by atoms with Gasteiger partial charge in [0, 0.05) is 44.7 Å². The van der Waals surface area contributed by atoms with E-state index in [4.69, 9.17) is 9.72 Å². The Bertz CT molecular complexity index is 550. The molecule has 2 saturated heterocycles. The molecule has 0 radical (unpaired) electrons. The number of thiazole rings is 1. The number of nitrogens with zero attached hydrogens (tertiary/aromatic N) is 3. The van der Waals surface area contributed by atoms with Crippen LogP contribution in [0.1, 0.15) is 43.5 Å². The van der Waals surface area contributed by atoms with Gasteiger partial charge in [-0.25, -0.2) is 4.98 Å². The van der Waals surface area contributed by atoms with Gasteiger partial charge in [0.15, 0.2) is 0 Å². The maximum absolute atomic E-state index is 12.4. The molecule has 0 aromatic carbocycles. The van der Waals surface area contributed by atoms with Gasteiger partial charge in [-0.15, -0.1) is 48.6 Å². The van der Waals surface area contributed by atoms with Crippen molar-refractivity contribution in [2.45, 2.75) is 45.4 Å². The van der Waals surface area contributed by atoms with Gasteiger partial charge in [-0.05, 0) is 33.2 Å². The van der Waals surface area contributed by atoms with Gasteiger partial charge in [-0.3, -0.25) is 9.69 Å². The minimum Gasteiger partial charge on any atom is -0.372 e. The van der Waals surface area contributed by atoms with Crippen LogP contribution in [0.25, 0.3) is 0 Å². The molecule has 2 atom stereocenters. The molecule has 158 valence electrons. The molecule has 27 heavy (non-hydrogen) atoms. The second kappa shape index (κ2) is 13.1. The van der Waals surface area contributed by atoms with Crippen LogP contribution in [0.4, 0.5) is 0 Å². The van der Waals surface area contributed by atoms with E-state index in [9.17, 15) is 4.79 Å². The maximum Gasteiger partial charge on any atom is 0.239 e. The Morgan fingerprint density at radius 2 is 2.04 bits per heavy atom. The fourth-order valence-corrected chi connectivity index (χ4v) is 4.19. The number of halogens is 3. The third kappa shape index (κ3) is 7.31. The first kappa shape index (κ1) is 26.9. The Kier molecular flexibility index (Phi) is 13.1. The Labute approximate surface area is 184 Å². The van der Waals surface area contributed by atoms with Crippen LogP contribution in [0, 0.1) is 0 Å². The standard InChI is InChI=1S/C17H28N4O2S.3ClH/c1-3-23-13(2)16-19-14(12-24-16)11-20-7-9-21(10-8-20)17(22)15-5-4-6-18-15;;;/h12-13,15,18H,3-11H2,1-2H3;3*1H. The van der Waals surface area contributed by atoms with Gasteiger partial charge >= 0.3 is 0 Å². The summed E-state index contributed by atoms with van der Waals surface area (Å²) in [5, 5.41) is 6.48. The second-order valence-electron chi connectivity index (χ2n) is 6.53. The molecule has 2 aliphatic heterocycles. The number of amides is 1. The molecule has 3 heterocycles. The van der Waals surface area contributed by atoms with Crippen molar-refractivity contribution in [2.75, 3.05) is 39.3 Å². The SMILES string of the molecule is CCOC(C)c1nc(CN2CCN(C(=O)C3CCCN3)CC2)cs1.Cl.Cl.Cl. The van der Waals surface area contributed by atoms with Crippen LogP contribution in [0.5, 0.6) is 0 Å². The predicted molar refractivity (Wildman–Crippen MR) is 117 cm³/mol. The zero-order valence-electron chi connectivity index (χ0n) is 15.9. The maximum atomic E-state index is 12.4. The monoisotopic (exact) mass is 460 g/mol. The van der Waals surface area contributed by atoms with E-state index in [1.807, 2.05) is 18.7 Å². The molecule has 1 aromatic rings. The van der Waals surface area contributed by atoms with E-state index < -0.39 is 0 Å². The van der Waals surface area contributed by atoms with Crippen LogP contribution in [0.3, 0.4) is 0 Å². The lowest BCUT2D eigenvalue weighted by molar-refractivity contribution is -0.134. The fourth-order valence-electron chi connectivity index (χ4n) is 3.37. The Morgan fingerprint density at radius 1 is 1.33 bits per heavy atom. The smallest absolute Gasteiger partial charge is 0.239 e. The summed E-state index contributed by atoms with van der Waals surface area (Å²) >= 11 is 1.67. The molecule has 0 saturated carbocycles. The molecule has 0 aliphatic carbocycles. The topological polar surface area (TPSA) is 57.7 Å². The lowest BCUT2D eigenvalue weighted by Gasteiger charge is -2.35. The van der Waals surface area contributed by atoms with Crippen LogP contribution in [-0.4, -0.2) is 66.1 Å². The largest absolute Gasteiger partial charge is 0.372 e. The quantitative estimate of drug-likeness (QED) is 0.706. The van der Waals surface area contributed by atoms with E-state index in [1.54, 1.807) is 11.3 Å². The summed E-state index contributed by atoms with van der Waals surface area (Å²) < 4.78 is 5.60. The van der Waals surface area contributed by atoms with Crippen LogP contribution in [0.2, 0.25) is 0 Å². The van der Waals surface area contributed by atoms with Gasteiger partial charge in [0.05, 0.1) is 11.7 Å². The first-order chi connectivity index (χ1) is 11.7. The summed E-state index contributed by atoms with van der Waals surface area (Å²) in [5.41, 5.74) is 1.11. The minimum atomic E-state index is 0. The van der Waals surface area contributed by atoms with Crippen molar-refractivity contribution in [3.63, 3.8) is 0 Å². The van der Waals surface area contributed by atoms with E-state index in [0.29, 0.717) is 6.61 Å². The average molecular weight is 462 g/mol. The summed E-state index contributed by atoms with van der Waals surface area (Å²) in [5.74, 6) is 0.286. The van der Waals surface area contributed by atoms with Gasteiger partial charge < -0.3 is 15.0 Å². The fraction of sp³-hybridized carbons (Fsp3) is 0.765. The van der Waals surface area contributed by atoms with Gasteiger partial charge in [-0.2, -0.15) is 0 Å². The van der Waals surface area contributed by atoms with E-state index >= 15 is 0 Å². The number of hydrogen-bond acceptors (Lipinski definition) is 6. The summed E-state index contributed by atoms with van der Waals surface area (Å²) in [6, 6.07) is 0.0534. The number of aromatic nitrogens is 1. The summed E-state index contributed by atoms with van der Waals surface area (Å²) in [7, 11) is 0. The Hall–Kier alpha value is -0.150. The number of piperazine rings is 1. The molecule has 1 aromatic heterocycles. The summed E-state index contributed by atoms with van der Waals surface area (Å²) in [6.07, 6.45) is 2.17. The van der Waals surface area contributed by atoms with Gasteiger partial charge in [0.25, 0.3) is 0 Å². The zero-order valence-corrected chi connectivity index (χ0v) is 19.2. The number of rotatable bonds is 6. The zero-order chi connectivity index (χ0) is 16.9. The molecule has 2 aliphatic rings. The molecular formula is C17H31Cl3N4O2S. The third-order valence-electron chi connectivity index (χ3n) is 4.76. The van der Waals surface area contributed by atoms with Crippen LogP contribution < -0.4 is 5.32 Å². The number of nitrogens with one attached hydrogen (secondary N) is 1.